The molecule has 0 aliphatic heterocycles. The van der Waals surface area contributed by atoms with Crippen LogP contribution >= 0.6 is 27.5 Å². The lowest BCUT2D eigenvalue weighted by Gasteiger charge is -2.03. The first-order chi connectivity index (χ1) is 6.83. The van der Waals surface area contributed by atoms with Crippen LogP contribution < -0.4 is 5.32 Å². The predicted molar refractivity (Wildman–Crippen MR) is 62.8 cm³/mol. The number of unbranched alkanes of at least 4 members (excludes halogenated alkanes) is 2. The Morgan fingerprint density at radius 3 is 2.57 bits per heavy atom. The lowest BCUT2D eigenvalue weighted by Crippen LogP contribution is -2.04. The first-order valence-corrected chi connectivity index (χ1v) is 5.93. The molecule has 0 bridgehead atoms. The smallest absolute Gasteiger partial charge is 0.222 e. The highest BCUT2D eigenvalue weighted by molar-refractivity contribution is 9.10. The quantitative estimate of drug-likeness (QED) is 0.642. The van der Waals surface area contributed by atoms with E-state index in [4.69, 9.17) is 11.6 Å². The van der Waals surface area contributed by atoms with Gasteiger partial charge in [-0.1, -0.05) is 6.42 Å². The van der Waals surface area contributed by atoms with E-state index in [9.17, 15) is 0 Å². The summed E-state index contributed by atoms with van der Waals surface area (Å²) in [7, 11) is 0. The number of anilines is 1. The molecule has 1 aromatic heterocycles. The summed E-state index contributed by atoms with van der Waals surface area (Å²) in [5.74, 6) is 1.42. The maximum Gasteiger partial charge on any atom is 0.222 e. The van der Waals surface area contributed by atoms with Crippen molar-refractivity contribution in [2.45, 2.75) is 19.3 Å². The molecule has 1 N–H and O–H groups in total. The monoisotopic (exact) mass is 277 g/mol. The second kappa shape index (κ2) is 7.01. The molecule has 0 atom stereocenters. The van der Waals surface area contributed by atoms with Gasteiger partial charge in [-0.05, 0) is 28.8 Å². The van der Waals surface area contributed by atoms with E-state index in [-0.39, 0.29) is 0 Å². The molecule has 78 valence electrons. The Morgan fingerprint density at radius 2 is 1.93 bits per heavy atom. The highest BCUT2D eigenvalue weighted by Crippen LogP contribution is 2.06. The van der Waals surface area contributed by atoms with Gasteiger partial charge in [-0.25, -0.2) is 9.97 Å². The average Bonchev–Trinajstić information content (AvgIpc) is 2.21. The molecule has 3 nitrogen and oxygen atoms in total. The SMILES string of the molecule is ClCCCCCNc1ncc(Br)cn1. The maximum absolute atomic E-state index is 5.56. The number of rotatable bonds is 6. The van der Waals surface area contributed by atoms with Crippen LogP contribution in [0.3, 0.4) is 0 Å². The minimum Gasteiger partial charge on any atom is -0.354 e. The standard InChI is InChI=1S/C9H13BrClN3/c10-8-6-13-9(14-7-8)12-5-3-1-2-4-11/h6-7H,1-5H2,(H,12,13,14). The molecular weight excluding hydrogens is 265 g/mol. The fourth-order valence-corrected chi connectivity index (χ4v) is 1.39. The van der Waals surface area contributed by atoms with Crippen LogP contribution in [0.4, 0.5) is 5.95 Å². The first kappa shape index (κ1) is 11.7. The zero-order valence-corrected chi connectivity index (χ0v) is 10.2. The van der Waals surface area contributed by atoms with E-state index in [0.29, 0.717) is 5.95 Å². The van der Waals surface area contributed by atoms with E-state index in [2.05, 4.69) is 31.2 Å². The Morgan fingerprint density at radius 1 is 1.21 bits per heavy atom. The molecule has 0 saturated heterocycles. The number of halogens is 2. The highest BCUT2D eigenvalue weighted by atomic mass is 79.9. The van der Waals surface area contributed by atoms with Crippen LogP contribution in [-0.4, -0.2) is 22.4 Å². The average molecular weight is 279 g/mol. The first-order valence-electron chi connectivity index (χ1n) is 4.60. The molecule has 1 aromatic rings. The van der Waals surface area contributed by atoms with Gasteiger partial charge in [0.05, 0.1) is 4.47 Å². The fraction of sp³-hybridized carbons (Fsp3) is 0.556. The van der Waals surface area contributed by atoms with E-state index in [1.165, 1.54) is 0 Å². The summed E-state index contributed by atoms with van der Waals surface area (Å²) >= 11 is 8.84. The summed E-state index contributed by atoms with van der Waals surface area (Å²) in [6.45, 7) is 0.901. The third-order valence-corrected chi connectivity index (χ3v) is 2.39. The zero-order valence-electron chi connectivity index (χ0n) is 7.84. The minimum atomic E-state index is 0.680. The molecular formula is C9H13BrClN3. The molecule has 0 fully saturated rings. The maximum atomic E-state index is 5.56. The van der Waals surface area contributed by atoms with Crippen LogP contribution in [0.15, 0.2) is 16.9 Å². The summed E-state index contributed by atoms with van der Waals surface area (Å²) in [4.78, 5) is 8.20. The van der Waals surface area contributed by atoms with Gasteiger partial charge in [0.1, 0.15) is 0 Å². The topological polar surface area (TPSA) is 37.8 Å². The minimum absolute atomic E-state index is 0.680. The van der Waals surface area contributed by atoms with Gasteiger partial charge in [0.25, 0.3) is 0 Å². The Bertz CT molecular complexity index is 253. The molecule has 1 rings (SSSR count). The van der Waals surface area contributed by atoms with Crippen LogP contribution in [0, 0.1) is 0 Å². The van der Waals surface area contributed by atoms with Gasteiger partial charge in [0, 0.05) is 24.8 Å². The fourth-order valence-electron chi connectivity index (χ4n) is 1.00. The predicted octanol–water partition coefficient (Wildman–Crippen LogP) is 3.06. The van der Waals surface area contributed by atoms with Crippen LogP contribution in [0.2, 0.25) is 0 Å². The number of nitrogens with zero attached hydrogens (tertiary/aromatic N) is 2. The normalized spacial score (nSPS) is 10.1. The van der Waals surface area contributed by atoms with E-state index in [1.54, 1.807) is 12.4 Å². The number of hydrogen-bond acceptors (Lipinski definition) is 3. The number of nitrogens with one attached hydrogen (secondary N) is 1. The van der Waals surface area contributed by atoms with Gasteiger partial charge in [-0.3, -0.25) is 0 Å². The summed E-state index contributed by atoms with van der Waals surface area (Å²) in [5, 5.41) is 3.14. The Kier molecular flexibility index (Phi) is 5.87. The van der Waals surface area contributed by atoms with Crippen molar-refractivity contribution in [3.63, 3.8) is 0 Å². The molecule has 0 aliphatic rings. The van der Waals surface area contributed by atoms with Gasteiger partial charge in [0.15, 0.2) is 0 Å². The van der Waals surface area contributed by atoms with E-state index >= 15 is 0 Å². The van der Waals surface area contributed by atoms with Crippen molar-refractivity contribution in [3.8, 4) is 0 Å². The molecule has 0 aromatic carbocycles. The molecule has 14 heavy (non-hydrogen) atoms. The van der Waals surface area contributed by atoms with Crippen LogP contribution in [0.1, 0.15) is 19.3 Å². The number of aromatic nitrogens is 2. The molecule has 1 heterocycles. The molecule has 0 radical (unpaired) electrons. The number of alkyl halides is 1. The van der Waals surface area contributed by atoms with E-state index in [1.807, 2.05) is 0 Å². The summed E-state index contributed by atoms with van der Waals surface area (Å²) in [6, 6.07) is 0. The summed E-state index contributed by atoms with van der Waals surface area (Å²) in [5.41, 5.74) is 0. The summed E-state index contributed by atoms with van der Waals surface area (Å²) in [6.07, 6.45) is 6.78. The van der Waals surface area contributed by atoms with Gasteiger partial charge >= 0.3 is 0 Å². The van der Waals surface area contributed by atoms with Crippen LogP contribution in [-0.2, 0) is 0 Å². The van der Waals surface area contributed by atoms with Crippen molar-refractivity contribution in [2.24, 2.45) is 0 Å². The lowest BCUT2D eigenvalue weighted by atomic mass is 10.2. The second-order valence-corrected chi connectivity index (χ2v) is 4.19. The van der Waals surface area contributed by atoms with Crippen molar-refractivity contribution in [2.75, 3.05) is 17.7 Å². The molecule has 0 aliphatic carbocycles. The van der Waals surface area contributed by atoms with Crippen LogP contribution in [0.25, 0.3) is 0 Å². The Hall–Kier alpha value is -0.350. The van der Waals surface area contributed by atoms with E-state index in [0.717, 1.165) is 36.2 Å². The Balaban J connectivity index is 2.15. The third kappa shape index (κ3) is 4.77. The molecule has 0 unspecified atom stereocenters. The van der Waals surface area contributed by atoms with Crippen LogP contribution in [0.5, 0.6) is 0 Å². The lowest BCUT2D eigenvalue weighted by molar-refractivity contribution is 0.744. The van der Waals surface area contributed by atoms with Gasteiger partial charge < -0.3 is 5.32 Å². The Labute approximate surface area is 97.4 Å². The molecule has 0 spiro atoms. The molecule has 0 saturated carbocycles. The number of hydrogen-bond donors (Lipinski definition) is 1. The second-order valence-electron chi connectivity index (χ2n) is 2.90. The molecule has 0 amide bonds. The van der Waals surface area contributed by atoms with Gasteiger partial charge in [-0.15, -0.1) is 11.6 Å². The van der Waals surface area contributed by atoms with Gasteiger partial charge in [0.2, 0.25) is 5.95 Å². The molecule has 5 heteroatoms. The van der Waals surface area contributed by atoms with E-state index < -0.39 is 0 Å². The van der Waals surface area contributed by atoms with Crippen molar-refractivity contribution in [1.29, 1.82) is 0 Å². The third-order valence-electron chi connectivity index (χ3n) is 1.71. The van der Waals surface area contributed by atoms with Crippen molar-refractivity contribution < 1.29 is 0 Å². The van der Waals surface area contributed by atoms with Crippen molar-refractivity contribution in [3.05, 3.63) is 16.9 Å². The largest absolute Gasteiger partial charge is 0.354 e. The van der Waals surface area contributed by atoms with Gasteiger partial charge in [-0.2, -0.15) is 0 Å². The zero-order chi connectivity index (χ0) is 10.2. The van der Waals surface area contributed by atoms with Crippen molar-refractivity contribution in [1.82, 2.24) is 9.97 Å². The highest BCUT2D eigenvalue weighted by Gasteiger charge is 1.94. The van der Waals surface area contributed by atoms with Crippen molar-refractivity contribution >= 4 is 33.5 Å². The summed E-state index contributed by atoms with van der Waals surface area (Å²) < 4.78 is 0.894.